The lowest BCUT2D eigenvalue weighted by molar-refractivity contribution is 0.0153. The van der Waals surface area contributed by atoms with E-state index in [-0.39, 0.29) is 5.56 Å². The minimum absolute atomic E-state index is 0.147. The first-order valence-corrected chi connectivity index (χ1v) is 5.86. The van der Waals surface area contributed by atoms with E-state index in [0.29, 0.717) is 11.8 Å². The summed E-state index contributed by atoms with van der Waals surface area (Å²) in [5.41, 5.74) is 0.937. The van der Waals surface area contributed by atoms with Gasteiger partial charge in [0.15, 0.2) is 0 Å². The van der Waals surface area contributed by atoms with Gasteiger partial charge in [-0.25, -0.2) is 4.39 Å². The van der Waals surface area contributed by atoms with Gasteiger partial charge in [0.2, 0.25) is 0 Å². The highest BCUT2D eigenvalue weighted by Crippen LogP contribution is 2.22. The van der Waals surface area contributed by atoms with E-state index in [1.807, 2.05) is 0 Å². The van der Waals surface area contributed by atoms with E-state index in [4.69, 9.17) is 0 Å². The Hall–Kier alpha value is -0.450. The van der Waals surface area contributed by atoms with Crippen LogP contribution in [0.1, 0.15) is 23.7 Å². The first-order valence-electron chi connectivity index (χ1n) is 4.74. The fraction of sp³-hybridized carbons (Fsp3) is 0.455. The predicted octanol–water partition coefficient (Wildman–Crippen LogP) is 2.31. The second kappa shape index (κ2) is 5.58. The van der Waals surface area contributed by atoms with E-state index in [9.17, 15) is 14.6 Å². The third-order valence-electron chi connectivity index (χ3n) is 2.24. The molecule has 0 fully saturated rings. The molecule has 1 rings (SSSR count). The number of rotatable bonds is 4. The summed E-state index contributed by atoms with van der Waals surface area (Å²) >= 11 is 3.16. The number of benzene rings is 1. The molecule has 0 saturated heterocycles. The molecular weight excluding hydrogens is 263 g/mol. The summed E-state index contributed by atoms with van der Waals surface area (Å²) in [6, 6.07) is 4.56. The van der Waals surface area contributed by atoms with Crippen molar-refractivity contribution in [2.75, 3.05) is 5.33 Å². The lowest BCUT2D eigenvalue weighted by Crippen LogP contribution is -2.19. The molecule has 1 aromatic rings. The third kappa shape index (κ3) is 3.26. The Morgan fingerprint density at radius 3 is 2.60 bits per heavy atom. The molecule has 2 N–H and O–H groups in total. The van der Waals surface area contributed by atoms with Gasteiger partial charge in [0.05, 0.1) is 6.10 Å². The van der Waals surface area contributed by atoms with Crippen LogP contribution in [0.3, 0.4) is 0 Å². The van der Waals surface area contributed by atoms with Gasteiger partial charge < -0.3 is 10.2 Å². The molecule has 1 aromatic carbocycles. The molecule has 0 spiro atoms. The number of hydrogen-bond donors (Lipinski definition) is 2. The number of hydrogen-bond acceptors (Lipinski definition) is 2. The van der Waals surface area contributed by atoms with Gasteiger partial charge in [-0.3, -0.25) is 0 Å². The Kier molecular flexibility index (Phi) is 4.70. The summed E-state index contributed by atoms with van der Waals surface area (Å²) in [4.78, 5) is 0. The highest BCUT2D eigenvalue weighted by atomic mass is 79.9. The van der Waals surface area contributed by atoms with Gasteiger partial charge in [0.25, 0.3) is 0 Å². The van der Waals surface area contributed by atoms with Crippen LogP contribution < -0.4 is 0 Å². The lowest BCUT2D eigenvalue weighted by atomic mass is 10.0. The van der Waals surface area contributed by atoms with Crippen LogP contribution in [0, 0.1) is 12.7 Å². The molecule has 0 aliphatic heterocycles. The first kappa shape index (κ1) is 12.6. The molecule has 0 radical (unpaired) electrons. The van der Waals surface area contributed by atoms with Crippen LogP contribution in [-0.4, -0.2) is 21.6 Å². The largest absolute Gasteiger partial charge is 0.390 e. The SMILES string of the molecule is Cc1ccc(C(O)C(O)CCBr)c(F)c1. The normalized spacial score (nSPS) is 15.0. The van der Waals surface area contributed by atoms with Crippen LogP contribution >= 0.6 is 15.9 Å². The molecule has 0 aromatic heterocycles. The Balaban J connectivity index is 2.86. The predicted molar refractivity (Wildman–Crippen MR) is 60.5 cm³/mol. The number of aliphatic hydroxyl groups excluding tert-OH is 2. The summed E-state index contributed by atoms with van der Waals surface area (Å²) in [6.45, 7) is 1.77. The summed E-state index contributed by atoms with van der Waals surface area (Å²) in [5.74, 6) is -0.476. The first-order chi connectivity index (χ1) is 7.06. The quantitative estimate of drug-likeness (QED) is 0.829. The van der Waals surface area contributed by atoms with Gasteiger partial charge in [0, 0.05) is 10.9 Å². The third-order valence-corrected chi connectivity index (χ3v) is 2.70. The van der Waals surface area contributed by atoms with Crippen LogP contribution in [0.2, 0.25) is 0 Å². The van der Waals surface area contributed by atoms with Crippen LogP contribution in [-0.2, 0) is 0 Å². The lowest BCUT2D eigenvalue weighted by Gasteiger charge is -2.17. The molecule has 0 amide bonds. The van der Waals surface area contributed by atoms with Crippen LogP contribution in [0.15, 0.2) is 18.2 Å². The minimum Gasteiger partial charge on any atom is -0.390 e. The topological polar surface area (TPSA) is 40.5 Å². The van der Waals surface area contributed by atoms with Crippen molar-refractivity contribution in [2.45, 2.75) is 25.6 Å². The smallest absolute Gasteiger partial charge is 0.129 e. The maximum Gasteiger partial charge on any atom is 0.129 e. The molecule has 4 heteroatoms. The number of halogens is 2. The van der Waals surface area contributed by atoms with Gasteiger partial charge in [-0.15, -0.1) is 0 Å². The van der Waals surface area contributed by atoms with E-state index in [2.05, 4.69) is 15.9 Å². The molecule has 2 atom stereocenters. The molecule has 0 heterocycles. The van der Waals surface area contributed by atoms with Crippen molar-refractivity contribution in [1.29, 1.82) is 0 Å². The van der Waals surface area contributed by atoms with Crippen molar-refractivity contribution >= 4 is 15.9 Å². The van der Waals surface area contributed by atoms with Crippen LogP contribution in [0.5, 0.6) is 0 Å². The van der Waals surface area contributed by atoms with Crippen molar-refractivity contribution in [1.82, 2.24) is 0 Å². The molecule has 0 aliphatic carbocycles. The molecule has 0 saturated carbocycles. The minimum atomic E-state index is -1.16. The second-order valence-corrected chi connectivity index (χ2v) is 4.31. The fourth-order valence-electron chi connectivity index (χ4n) is 1.35. The number of alkyl halides is 1. The van der Waals surface area contributed by atoms with Crippen molar-refractivity contribution in [3.63, 3.8) is 0 Å². The Bertz CT molecular complexity index is 330. The molecule has 2 nitrogen and oxygen atoms in total. The van der Waals surface area contributed by atoms with Crippen molar-refractivity contribution in [3.8, 4) is 0 Å². The zero-order chi connectivity index (χ0) is 11.4. The van der Waals surface area contributed by atoms with Gasteiger partial charge in [-0.05, 0) is 25.0 Å². The monoisotopic (exact) mass is 276 g/mol. The average Bonchev–Trinajstić information content (AvgIpc) is 2.17. The Morgan fingerprint density at radius 1 is 1.40 bits per heavy atom. The summed E-state index contributed by atoms with van der Waals surface area (Å²) in [7, 11) is 0. The highest BCUT2D eigenvalue weighted by molar-refractivity contribution is 9.09. The van der Waals surface area contributed by atoms with Gasteiger partial charge in [-0.2, -0.15) is 0 Å². The summed E-state index contributed by atoms with van der Waals surface area (Å²) in [6.07, 6.45) is -1.72. The number of aliphatic hydroxyl groups is 2. The van der Waals surface area contributed by atoms with Crippen molar-refractivity contribution in [2.24, 2.45) is 0 Å². The average molecular weight is 277 g/mol. The maximum atomic E-state index is 13.4. The Morgan fingerprint density at radius 2 is 2.07 bits per heavy atom. The van der Waals surface area contributed by atoms with Crippen LogP contribution in [0.25, 0.3) is 0 Å². The molecule has 0 aliphatic rings. The Labute approximate surface area is 96.9 Å². The standard InChI is InChI=1S/C11H14BrFO2/c1-7-2-3-8(9(13)6-7)11(15)10(14)4-5-12/h2-3,6,10-11,14-15H,4-5H2,1H3. The molecule has 2 unspecified atom stereocenters. The number of aryl methyl sites for hydroxylation is 1. The second-order valence-electron chi connectivity index (χ2n) is 3.51. The molecule has 0 bridgehead atoms. The highest BCUT2D eigenvalue weighted by Gasteiger charge is 2.20. The molecular formula is C11H14BrFO2. The van der Waals surface area contributed by atoms with E-state index in [0.717, 1.165) is 5.56 Å². The van der Waals surface area contributed by atoms with E-state index >= 15 is 0 Å². The maximum absolute atomic E-state index is 13.4. The van der Waals surface area contributed by atoms with Crippen molar-refractivity contribution in [3.05, 3.63) is 35.1 Å². The molecule has 15 heavy (non-hydrogen) atoms. The fourth-order valence-corrected chi connectivity index (χ4v) is 1.82. The van der Waals surface area contributed by atoms with Gasteiger partial charge in [-0.1, -0.05) is 28.1 Å². The van der Waals surface area contributed by atoms with Crippen LogP contribution in [0.4, 0.5) is 4.39 Å². The summed E-state index contributed by atoms with van der Waals surface area (Å²) < 4.78 is 13.4. The zero-order valence-electron chi connectivity index (χ0n) is 8.45. The van der Waals surface area contributed by atoms with E-state index in [1.54, 1.807) is 13.0 Å². The van der Waals surface area contributed by atoms with Crippen molar-refractivity contribution < 1.29 is 14.6 Å². The summed E-state index contributed by atoms with van der Waals surface area (Å²) in [5, 5.41) is 19.8. The zero-order valence-corrected chi connectivity index (χ0v) is 10.0. The van der Waals surface area contributed by atoms with Gasteiger partial charge in [0.1, 0.15) is 11.9 Å². The molecule has 84 valence electrons. The van der Waals surface area contributed by atoms with Gasteiger partial charge >= 0.3 is 0 Å². The van der Waals surface area contributed by atoms with E-state index in [1.165, 1.54) is 12.1 Å². The van der Waals surface area contributed by atoms with E-state index < -0.39 is 18.0 Å².